The summed E-state index contributed by atoms with van der Waals surface area (Å²) in [6.45, 7) is 4.27. The molecule has 1 aromatic carbocycles. The van der Waals surface area contributed by atoms with Gasteiger partial charge in [0, 0.05) is 16.6 Å². The van der Waals surface area contributed by atoms with E-state index in [1.54, 1.807) is 6.07 Å². The normalized spacial score (nSPS) is 13.1. The lowest BCUT2D eigenvalue weighted by molar-refractivity contribution is 0.448. The van der Waals surface area contributed by atoms with Crippen LogP contribution in [0.4, 0.5) is 0 Å². The van der Waals surface area contributed by atoms with Crippen molar-refractivity contribution in [1.82, 2.24) is 0 Å². The van der Waals surface area contributed by atoms with Crippen molar-refractivity contribution in [2.24, 2.45) is 11.7 Å². The first-order chi connectivity index (χ1) is 7.41. The summed E-state index contributed by atoms with van der Waals surface area (Å²) in [6.07, 6.45) is 1.80. The summed E-state index contributed by atoms with van der Waals surface area (Å²) in [7, 11) is 0. The third kappa shape index (κ3) is 3.55. The highest BCUT2D eigenvalue weighted by Crippen LogP contribution is 2.35. The lowest BCUT2D eigenvalue weighted by atomic mass is 9.97. The number of benzene rings is 1. The monoisotopic (exact) mass is 261 g/mol. The van der Waals surface area contributed by atoms with Gasteiger partial charge in [-0.25, -0.2) is 0 Å². The van der Waals surface area contributed by atoms with E-state index in [-0.39, 0.29) is 11.8 Å². The molecule has 16 heavy (non-hydrogen) atoms. The number of phenols is 1. The predicted molar refractivity (Wildman–Crippen MR) is 69.1 cm³/mol. The minimum atomic E-state index is -0.243. The molecule has 0 heterocycles. The molecule has 0 bridgehead atoms. The van der Waals surface area contributed by atoms with Crippen LogP contribution in [0.1, 0.15) is 38.3 Å². The smallest absolute Gasteiger partial charge is 0.123 e. The zero-order valence-corrected chi connectivity index (χ0v) is 11.0. The van der Waals surface area contributed by atoms with Gasteiger partial charge in [-0.2, -0.15) is 0 Å². The predicted octanol–water partition coefficient (Wildman–Crippen LogP) is 4.14. The molecular weight excluding hydrogens is 245 g/mol. The van der Waals surface area contributed by atoms with Crippen molar-refractivity contribution < 1.29 is 5.11 Å². The van der Waals surface area contributed by atoms with E-state index in [9.17, 15) is 5.11 Å². The van der Waals surface area contributed by atoms with E-state index in [0.29, 0.717) is 21.5 Å². The van der Waals surface area contributed by atoms with Crippen LogP contribution in [0.15, 0.2) is 12.1 Å². The van der Waals surface area contributed by atoms with E-state index in [4.69, 9.17) is 28.9 Å². The first-order valence-corrected chi connectivity index (χ1v) is 6.11. The Labute approximate surface area is 106 Å². The second-order valence-electron chi connectivity index (χ2n) is 4.40. The Kier molecular flexibility index (Phi) is 4.90. The second-order valence-corrected chi connectivity index (χ2v) is 5.24. The molecule has 0 aliphatic rings. The summed E-state index contributed by atoms with van der Waals surface area (Å²) in [5.74, 6) is 0.660. The Hall–Kier alpha value is -0.440. The van der Waals surface area contributed by atoms with Crippen LogP contribution in [0.25, 0.3) is 0 Å². The summed E-state index contributed by atoms with van der Waals surface area (Å²) in [6, 6.07) is 2.83. The molecule has 0 fully saturated rings. The molecule has 90 valence electrons. The molecule has 0 aliphatic carbocycles. The number of phenolic OH excluding ortho intramolecular Hbond substituents is 1. The molecule has 0 spiro atoms. The van der Waals surface area contributed by atoms with Gasteiger partial charge in [0.15, 0.2) is 0 Å². The number of hydrogen-bond acceptors (Lipinski definition) is 2. The molecule has 3 N–H and O–H groups in total. The van der Waals surface area contributed by atoms with Gasteiger partial charge in [0.25, 0.3) is 0 Å². The average Bonchev–Trinajstić information content (AvgIpc) is 2.12. The molecule has 0 aromatic heterocycles. The quantitative estimate of drug-likeness (QED) is 0.856. The molecule has 0 unspecified atom stereocenters. The highest BCUT2D eigenvalue weighted by atomic mass is 35.5. The van der Waals surface area contributed by atoms with E-state index in [1.165, 1.54) is 6.07 Å². The van der Waals surface area contributed by atoms with Gasteiger partial charge in [-0.05, 0) is 30.9 Å². The minimum absolute atomic E-state index is 0.0776. The van der Waals surface area contributed by atoms with Crippen molar-refractivity contribution in [3.05, 3.63) is 27.7 Å². The Morgan fingerprint density at radius 3 is 2.38 bits per heavy atom. The molecule has 0 saturated heterocycles. The van der Waals surface area contributed by atoms with Gasteiger partial charge >= 0.3 is 0 Å². The Morgan fingerprint density at radius 1 is 1.25 bits per heavy atom. The summed E-state index contributed by atoms with van der Waals surface area (Å²) in [5, 5.41) is 10.6. The topological polar surface area (TPSA) is 46.2 Å². The number of nitrogens with two attached hydrogens (primary N) is 1. The van der Waals surface area contributed by atoms with Gasteiger partial charge in [0.1, 0.15) is 5.75 Å². The van der Waals surface area contributed by atoms with Crippen LogP contribution in [0.5, 0.6) is 5.75 Å². The largest absolute Gasteiger partial charge is 0.508 e. The van der Waals surface area contributed by atoms with E-state index in [0.717, 1.165) is 12.8 Å². The van der Waals surface area contributed by atoms with Crippen LogP contribution >= 0.6 is 23.2 Å². The molecule has 0 aliphatic heterocycles. The third-order valence-corrected chi connectivity index (χ3v) is 3.03. The van der Waals surface area contributed by atoms with Gasteiger partial charge in [-0.3, -0.25) is 0 Å². The molecule has 4 heteroatoms. The lowest BCUT2D eigenvalue weighted by Crippen LogP contribution is -2.12. The number of aromatic hydroxyl groups is 1. The molecular formula is C12H17Cl2NO. The summed E-state index contributed by atoms with van der Waals surface area (Å²) >= 11 is 11.8. The van der Waals surface area contributed by atoms with Gasteiger partial charge in [0.2, 0.25) is 0 Å². The maximum Gasteiger partial charge on any atom is 0.123 e. The van der Waals surface area contributed by atoms with Crippen LogP contribution in [-0.2, 0) is 0 Å². The molecule has 0 saturated carbocycles. The maximum atomic E-state index is 9.76. The Bertz CT molecular complexity index is 343. The van der Waals surface area contributed by atoms with Crippen molar-refractivity contribution in [3.63, 3.8) is 0 Å². The van der Waals surface area contributed by atoms with Crippen molar-refractivity contribution >= 4 is 23.2 Å². The van der Waals surface area contributed by atoms with Crippen molar-refractivity contribution in [2.45, 2.75) is 32.7 Å². The number of rotatable bonds is 4. The molecule has 0 radical (unpaired) electrons. The fraction of sp³-hybridized carbons (Fsp3) is 0.500. The van der Waals surface area contributed by atoms with Crippen LogP contribution < -0.4 is 5.73 Å². The van der Waals surface area contributed by atoms with Gasteiger partial charge in [-0.15, -0.1) is 0 Å². The van der Waals surface area contributed by atoms with E-state index < -0.39 is 0 Å². The van der Waals surface area contributed by atoms with Crippen LogP contribution in [0.2, 0.25) is 10.0 Å². The minimum Gasteiger partial charge on any atom is -0.508 e. The molecule has 1 rings (SSSR count). The molecule has 1 aromatic rings. The second kappa shape index (κ2) is 5.76. The maximum absolute atomic E-state index is 9.76. The van der Waals surface area contributed by atoms with Gasteiger partial charge < -0.3 is 10.8 Å². The average molecular weight is 262 g/mol. The van der Waals surface area contributed by atoms with E-state index in [2.05, 4.69) is 13.8 Å². The molecule has 1 atom stereocenters. The van der Waals surface area contributed by atoms with Crippen LogP contribution in [0, 0.1) is 5.92 Å². The van der Waals surface area contributed by atoms with E-state index >= 15 is 0 Å². The van der Waals surface area contributed by atoms with Crippen LogP contribution in [0.3, 0.4) is 0 Å². The van der Waals surface area contributed by atoms with Crippen molar-refractivity contribution in [1.29, 1.82) is 0 Å². The van der Waals surface area contributed by atoms with Gasteiger partial charge in [-0.1, -0.05) is 37.0 Å². The van der Waals surface area contributed by atoms with Gasteiger partial charge in [0.05, 0.1) is 5.02 Å². The first-order valence-electron chi connectivity index (χ1n) is 5.35. The fourth-order valence-corrected chi connectivity index (χ4v) is 2.22. The number of halogens is 2. The summed E-state index contributed by atoms with van der Waals surface area (Å²) in [4.78, 5) is 0. The third-order valence-electron chi connectivity index (χ3n) is 2.50. The summed E-state index contributed by atoms with van der Waals surface area (Å²) < 4.78 is 0. The van der Waals surface area contributed by atoms with Crippen molar-refractivity contribution in [2.75, 3.05) is 0 Å². The summed E-state index contributed by atoms with van der Waals surface area (Å²) in [5.41, 5.74) is 6.60. The standard InChI is InChI=1S/C12H17Cl2NO/c1-7(2)3-4-10(15)12-9(14)5-8(13)6-11(12)16/h5-7,10,16H,3-4,15H2,1-2H3/t10-/m1/s1. The molecule has 2 nitrogen and oxygen atoms in total. The highest BCUT2D eigenvalue weighted by molar-refractivity contribution is 6.35. The Balaban J connectivity index is 2.86. The fourth-order valence-electron chi connectivity index (χ4n) is 1.60. The lowest BCUT2D eigenvalue weighted by Gasteiger charge is -2.16. The van der Waals surface area contributed by atoms with Crippen LogP contribution in [-0.4, -0.2) is 5.11 Å². The zero-order chi connectivity index (χ0) is 12.3. The highest BCUT2D eigenvalue weighted by Gasteiger charge is 2.16. The van der Waals surface area contributed by atoms with E-state index in [1.807, 2.05) is 0 Å². The molecule has 0 amide bonds. The first kappa shape index (κ1) is 13.6. The number of hydrogen-bond donors (Lipinski definition) is 2. The van der Waals surface area contributed by atoms with Crippen molar-refractivity contribution in [3.8, 4) is 5.75 Å². The SMILES string of the molecule is CC(C)CC[C@@H](N)c1c(O)cc(Cl)cc1Cl. The zero-order valence-electron chi connectivity index (χ0n) is 9.50. The Morgan fingerprint density at radius 2 is 1.88 bits per heavy atom.